The van der Waals surface area contributed by atoms with Gasteiger partial charge in [-0.25, -0.2) is 13.4 Å². The van der Waals surface area contributed by atoms with Crippen LogP contribution >= 0.6 is 11.3 Å². The zero-order valence-corrected chi connectivity index (χ0v) is 15.6. The number of benzene rings is 1. The van der Waals surface area contributed by atoms with Crippen molar-refractivity contribution in [2.24, 2.45) is 0 Å². The number of rotatable bonds is 4. The van der Waals surface area contributed by atoms with Crippen molar-refractivity contribution >= 4 is 37.3 Å². The Balaban J connectivity index is 1.62. The molecule has 0 bridgehead atoms. The van der Waals surface area contributed by atoms with E-state index in [1.54, 1.807) is 30.1 Å². The summed E-state index contributed by atoms with van der Waals surface area (Å²) < 4.78 is 25.0. The van der Waals surface area contributed by atoms with Crippen LogP contribution in [0.15, 0.2) is 24.3 Å². The summed E-state index contributed by atoms with van der Waals surface area (Å²) in [6, 6.07) is 8.10. The first-order chi connectivity index (χ1) is 11.4. The average molecular weight is 367 g/mol. The minimum Gasteiger partial charge on any atom is -0.342 e. The van der Waals surface area contributed by atoms with Gasteiger partial charge in [0.25, 0.3) is 0 Å². The smallest absolute Gasteiger partial charge is 0.237 e. The van der Waals surface area contributed by atoms with E-state index >= 15 is 0 Å². The summed E-state index contributed by atoms with van der Waals surface area (Å²) >= 11 is 1.72. The van der Waals surface area contributed by atoms with Crippen LogP contribution in [-0.4, -0.2) is 48.3 Å². The van der Waals surface area contributed by atoms with E-state index in [1.807, 2.05) is 18.2 Å². The van der Waals surface area contributed by atoms with Crippen molar-refractivity contribution in [2.75, 3.05) is 18.8 Å². The van der Waals surface area contributed by atoms with Crippen LogP contribution in [0, 0.1) is 0 Å². The van der Waals surface area contributed by atoms with Crippen LogP contribution in [0.25, 0.3) is 10.2 Å². The number of thiazole rings is 1. The van der Waals surface area contributed by atoms with Crippen molar-refractivity contribution in [2.45, 2.75) is 37.9 Å². The largest absolute Gasteiger partial charge is 0.342 e. The summed E-state index contributed by atoms with van der Waals surface area (Å²) in [5.41, 5.74) is 1.03. The van der Waals surface area contributed by atoms with Gasteiger partial charge in [0.1, 0.15) is 5.75 Å². The van der Waals surface area contributed by atoms with Crippen LogP contribution < -0.4 is 0 Å². The fraction of sp³-hybridized carbons (Fsp3) is 0.529. The number of aromatic nitrogens is 1. The second-order valence-corrected chi connectivity index (χ2v) is 10.2. The lowest BCUT2D eigenvalue weighted by atomic mass is 9.97. The standard InChI is InChI=1S/C17H22N2O3S2/c1-12(2)24(21,22)11-16(20)19-9-7-13(8-10-19)17-18-14-5-3-4-6-15(14)23-17/h3-6,12-13H,7-11H2,1-2H3. The first-order valence-corrected chi connectivity index (χ1v) is 10.7. The molecule has 7 heteroatoms. The minimum absolute atomic E-state index is 0.272. The van der Waals surface area contributed by atoms with Gasteiger partial charge in [0.05, 0.1) is 20.5 Å². The number of hydrogen-bond donors (Lipinski definition) is 0. The van der Waals surface area contributed by atoms with E-state index in [-0.39, 0.29) is 11.7 Å². The van der Waals surface area contributed by atoms with Gasteiger partial charge < -0.3 is 4.90 Å². The second kappa shape index (κ2) is 6.80. The van der Waals surface area contributed by atoms with Gasteiger partial charge in [0.2, 0.25) is 5.91 Å². The van der Waals surface area contributed by atoms with Gasteiger partial charge in [0.15, 0.2) is 9.84 Å². The highest BCUT2D eigenvalue weighted by Crippen LogP contribution is 2.33. The molecule has 1 amide bonds. The van der Waals surface area contributed by atoms with Crippen LogP contribution in [0.3, 0.4) is 0 Å². The Hall–Kier alpha value is -1.47. The van der Waals surface area contributed by atoms with Crippen molar-refractivity contribution in [3.05, 3.63) is 29.3 Å². The third-order valence-electron chi connectivity index (χ3n) is 4.55. The van der Waals surface area contributed by atoms with Crippen molar-refractivity contribution in [1.82, 2.24) is 9.88 Å². The van der Waals surface area contributed by atoms with E-state index in [1.165, 1.54) is 4.70 Å². The van der Waals surface area contributed by atoms with E-state index in [0.717, 1.165) is 23.4 Å². The number of piperidine rings is 1. The molecule has 0 radical (unpaired) electrons. The zero-order chi connectivity index (χ0) is 17.3. The Labute approximate surface area is 146 Å². The normalized spacial score (nSPS) is 16.9. The minimum atomic E-state index is -3.33. The Kier molecular flexibility index (Phi) is 4.92. The Morgan fingerprint density at radius 2 is 1.96 bits per heavy atom. The lowest BCUT2D eigenvalue weighted by Crippen LogP contribution is -2.42. The SMILES string of the molecule is CC(C)S(=O)(=O)CC(=O)N1CCC(c2nc3ccccc3s2)CC1. The van der Waals surface area contributed by atoms with Gasteiger partial charge in [0, 0.05) is 19.0 Å². The molecule has 1 aliphatic heterocycles. The number of amides is 1. The van der Waals surface area contributed by atoms with Crippen molar-refractivity contribution in [3.8, 4) is 0 Å². The molecule has 0 saturated carbocycles. The summed E-state index contributed by atoms with van der Waals surface area (Å²) in [4.78, 5) is 18.6. The number of sulfone groups is 1. The molecule has 24 heavy (non-hydrogen) atoms. The summed E-state index contributed by atoms with van der Waals surface area (Å²) in [5, 5.41) is 0.611. The zero-order valence-electron chi connectivity index (χ0n) is 13.9. The number of hydrogen-bond acceptors (Lipinski definition) is 5. The highest BCUT2D eigenvalue weighted by Gasteiger charge is 2.29. The molecule has 0 aliphatic carbocycles. The van der Waals surface area contributed by atoms with E-state index < -0.39 is 15.1 Å². The molecule has 1 aromatic heterocycles. The summed E-state index contributed by atoms with van der Waals surface area (Å²) in [6.45, 7) is 4.43. The van der Waals surface area contributed by atoms with Gasteiger partial charge in [-0.2, -0.15) is 0 Å². The van der Waals surface area contributed by atoms with Crippen molar-refractivity contribution < 1.29 is 13.2 Å². The predicted octanol–water partition coefficient (Wildman–Crippen LogP) is 2.83. The lowest BCUT2D eigenvalue weighted by Gasteiger charge is -2.31. The number of fused-ring (bicyclic) bond motifs is 1. The monoisotopic (exact) mass is 366 g/mol. The molecule has 0 unspecified atom stereocenters. The number of likely N-dealkylation sites (tertiary alicyclic amines) is 1. The highest BCUT2D eigenvalue weighted by molar-refractivity contribution is 7.92. The number of carbonyl (C=O) groups excluding carboxylic acids is 1. The number of nitrogens with zero attached hydrogens (tertiary/aromatic N) is 2. The molecule has 5 nitrogen and oxygen atoms in total. The third-order valence-corrected chi connectivity index (χ3v) is 7.83. The van der Waals surface area contributed by atoms with E-state index in [9.17, 15) is 13.2 Å². The van der Waals surface area contributed by atoms with Crippen LogP contribution in [0.4, 0.5) is 0 Å². The van der Waals surface area contributed by atoms with Crippen LogP contribution in [0.1, 0.15) is 37.6 Å². The lowest BCUT2D eigenvalue weighted by molar-refractivity contribution is -0.129. The number of carbonyl (C=O) groups is 1. The second-order valence-electron chi connectivity index (χ2n) is 6.53. The van der Waals surface area contributed by atoms with Crippen molar-refractivity contribution in [3.63, 3.8) is 0 Å². The molecule has 130 valence electrons. The molecule has 0 atom stereocenters. The van der Waals surface area contributed by atoms with Gasteiger partial charge in [-0.1, -0.05) is 12.1 Å². The van der Waals surface area contributed by atoms with Crippen LogP contribution in [-0.2, 0) is 14.6 Å². The molecule has 2 aromatic rings. The fourth-order valence-electron chi connectivity index (χ4n) is 2.87. The first-order valence-electron chi connectivity index (χ1n) is 8.21. The summed E-state index contributed by atoms with van der Waals surface area (Å²) in [7, 11) is -3.33. The maximum absolute atomic E-state index is 12.2. The third kappa shape index (κ3) is 3.62. The Morgan fingerprint density at radius 1 is 1.29 bits per heavy atom. The maximum Gasteiger partial charge on any atom is 0.237 e. The topological polar surface area (TPSA) is 67.3 Å². The quantitative estimate of drug-likeness (QED) is 0.834. The molecule has 0 spiro atoms. The van der Waals surface area contributed by atoms with Crippen LogP contribution in [0.5, 0.6) is 0 Å². The molecule has 1 saturated heterocycles. The summed E-state index contributed by atoms with van der Waals surface area (Å²) in [6.07, 6.45) is 1.68. The van der Waals surface area contributed by atoms with Gasteiger partial charge in [-0.15, -0.1) is 11.3 Å². The number of para-hydroxylation sites is 1. The molecular formula is C17H22N2O3S2. The summed E-state index contributed by atoms with van der Waals surface area (Å²) in [5.74, 6) is -0.296. The average Bonchev–Trinajstić information content (AvgIpc) is 2.98. The van der Waals surface area contributed by atoms with Crippen molar-refractivity contribution in [1.29, 1.82) is 0 Å². The predicted molar refractivity (Wildman–Crippen MR) is 97.1 cm³/mol. The van der Waals surface area contributed by atoms with E-state index in [2.05, 4.69) is 6.07 Å². The molecule has 1 fully saturated rings. The first kappa shape index (κ1) is 17.4. The van der Waals surface area contributed by atoms with E-state index in [0.29, 0.717) is 19.0 Å². The van der Waals surface area contributed by atoms with Gasteiger partial charge in [-0.3, -0.25) is 4.79 Å². The Morgan fingerprint density at radius 3 is 2.58 bits per heavy atom. The van der Waals surface area contributed by atoms with Gasteiger partial charge in [-0.05, 0) is 38.8 Å². The molecule has 1 aliphatic rings. The molecular weight excluding hydrogens is 344 g/mol. The van der Waals surface area contributed by atoms with E-state index in [4.69, 9.17) is 4.98 Å². The Bertz CT molecular complexity index is 801. The van der Waals surface area contributed by atoms with Crippen LogP contribution in [0.2, 0.25) is 0 Å². The molecule has 2 heterocycles. The fourth-order valence-corrected chi connectivity index (χ4v) is 4.87. The highest BCUT2D eigenvalue weighted by atomic mass is 32.2. The molecule has 1 aromatic carbocycles. The maximum atomic E-state index is 12.2. The van der Waals surface area contributed by atoms with Gasteiger partial charge >= 0.3 is 0 Å². The molecule has 3 rings (SSSR count). The molecule has 0 N–H and O–H groups in total.